The van der Waals surface area contributed by atoms with Crippen molar-refractivity contribution >= 4 is 21.5 Å². The first-order valence-corrected chi connectivity index (χ1v) is 15.1. The van der Waals surface area contributed by atoms with E-state index in [2.05, 4.69) is 158 Å². The van der Waals surface area contributed by atoms with Crippen LogP contribution in [-0.2, 0) is 0 Å². The summed E-state index contributed by atoms with van der Waals surface area (Å²) in [5, 5.41) is 5.25. The maximum atomic E-state index is 2.38. The van der Waals surface area contributed by atoms with Gasteiger partial charge in [0.2, 0.25) is 0 Å². The van der Waals surface area contributed by atoms with Gasteiger partial charge in [-0.3, -0.25) is 0 Å². The highest BCUT2D eigenvalue weighted by molar-refractivity contribution is 5.98. The summed E-state index contributed by atoms with van der Waals surface area (Å²) < 4.78 is 0. The van der Waals surface area contributed by atoms with Gasteiger partial charge in [-0.2, -0.15) is 0 Å². The normalized spacial score (nSPS) is 20.4. The Morgan fingerprint density at radius 1 is 0.214 bits per heavy atom. The fraction of sp³-hybridized carbons (Fsp3) is 0.0952. The molecule has 7 aromatic rings. The van der Waals surface area contributed by atoms with E-state index in [0.717, 1.165) is 0 Å². The van der Waals surface area contributed by atoms with E-state index in [4.69, 9.17) is 0 Å². The second kappa shape index (κ2) is 9.29. The summed E-state index contributed by atoms with van der Waals surface area (Å²) in [6.07, 6.45) is 0. The van der Waals surface area contributed by atoms with E-state index in [9.17, 15) is 0 Å². The van der Waals surface area contributed by atoms with Crippen LogP contribution in [-0.4, -0.2) is 0 Å². The molecule has 0 radical (unpaired) electrons. The molecule has 0 atom stereocenters. The predicted octanol–water partition coefficient (Wildman–Crippen LogP) is 10.5. The molecule has 0 unspecified atom stereocenters. The minimum Gasteiger partial charge on any atom is -0.0620 e. The third-order valence-corrected chi connectivity index (χ3v) is 9.95. The molecule has 0 amide bonds. The molecule has 0 fully saturated rings. The van der Waals surface area contributed by atoms with Crippen LogP contribution in [0.15, 0.2) is 158 Å². The molecule has 198 valence electrons. The Hall–Kier alpha value is -4.94. The number of hydrogen-bond donors (Lipinski definition) is 0. The zero-order chi connectivity index (χ0) is 27.6. The molecule has 0 spiro atoms. The van der Waals surface area contributed by atoms with Crippen molar-refractivity contribution in [2.24, 2.45) is 0 Å². The average Bonchev–Trinajstić information content (AvgIpc) is 3.04. The van der Waals surface area contributed by atoms with E-state index in [-0.39, 0.29) is 0 Å². The molecule has 7 aromatic carbocycles. The number of rotatable bonds is 0. The summed E-state index contributed by atoms with van der Waals surface area (Å²) in [5.74, 6) is 1.53. The minimum atomic E-state index is 0.382. The van der Waals surface area contributed by atoms with Gasteiger partial charge in [0.05, 0.1) is 0 Å². The first kappa shape index (κ1) is 23.7. The summed E-state index contributed by atoms with van der Waals surface area (Å²) >= 11 is 0. The van der Waals surface area contributed by atoms with Gasteiger partial charge in [-0.15, -0.1) is 0 Å². The fourth-order valence-electron chi connectivity index (χ4n) is 8.30. The first-order valence-electron chi connectivity index (χ1n) is 15.1. The molecule has 0 nitrogen and oxygen atoms in total. The van der Waals surface area contributed by atoms with E-state index in [0.29, 0.717) is 23.7 Å². The topological polar surface area (TPSA) is 0 Å². The van der Waals surface area contributed by atoms with Gasteiger partial charge >= 0.3 is 0 Å². The standard InChI is InChI=1S/C28H20.C14H10/c1-2-10-18-17(9-1)25-19-11-3-4-12-20(19)26(18)28-23-15-7-5-13-21(23)27(25)22-14-6-8-16-24(22)28;1-2-6-12-10-14-8-4-3-7-13(14)9-11(12)5-1/h1-16,25-28H;1-10H. The highest BCUT2D eigenvalue weighted by Crippen LogP contribution is 2.63. The van der Waals surface area contributed by atoms with Gasteiger partial charge in [0.25, 0.3) is 0 Å². The summed E-state index contributed by atoms with van der Waals surface area (Å²) in [7, 11) is 0. The molecule has 42 heavy (non-hydrogen) atoms. The van der Waals surface area contributed by atoms with E-state index < -0.39 is 0 Å². The molecule has 6 aliphatic carbocycles. The molecule has 0 heteroatoms. The van der Waals surface area contributed by atoms with Crippen LogP contribution in [0, 0.1) is 0 Å². The molecule has 13 rings (SSSR count). The van der Waals surface area contributed by atoms with Gasteiger partial charge in [-0.05, 0) is 78.2 Å². The van der Waals surface area contributed by atoms with E-state index in [1.54, 1.807) is 0 Å². The van der Waals surface area contributed by atoms with Crippen molar-refractivity contribution in [2.45, 2.75) is 23.7 Å². The Balaban J connectivity index is 0.000000150. The third-order valence-electron chi connectivity index (χ3n) is 9.95. The maximum absolute atomic E-state index is 2.38. The van der Waals surface area contributed by atoms with Crippen molar-refractivity contribution in [3.05, 3.63) is 202 Å². The van der Waals surface area contributed by atoms with Crippen molar-refractivity contribution in [3.63, 3.8) is 0 Å². The number of hydrogen-bond acceptors (Lipinski definition) is 0. The molecule has 0 heterocycles. The Bertz CT molecular complexity index is 1740. The fourth-order valence-corrected chi connectivity index (χ4v) is 8.30. The van der Waals surface area contributed by atoms with Crippen LogP contribution in [0.1, 0.15) is 68.2 Å². The number of benzene rings is 7. The smallest absolute Gasteiger partial charge is 0.0205 e. The van der Waals surface area contributed by atoms with Gasteiger partial charge in [-0.25, -0.2) is 0 Å². The molecule has 6 aliphatic rings. The largest absolute Gasteiger partial charge is 0.0620 e. The van der Waals surface area contributed by atoms with Gasteiger partial charge in [0.15, 0.2) is 0 Å². The van der Waals surface area contributed by atoms with E-state index in [1.807, 2.05) is 0 Å². The average molecular weight is 535 g/mol. The zero-order valence-electron chi connectivity index (χ0n) is 23.3. The van der Waals surface area contributed by atoms with E-state index in [1.165, 1.54) is 66.1 Å². The van der Waals surface area contributed by atoms with Gasteiger partial charge in [0, 0.05) is 23.7 Å². The lowest BCUT2D eigenvalue weighted by molar-refractivity contribution is 0.529. The summed E-state index contributed by atoms with van der Waals surface area (Å²) in [6.45, 7) is 0. The van der Waals surface area contributed by atoms with Crippen LogP contribution in [0.4, 0.5) is 0 Å². The zero-order valence-corrected chi connectivity index (χ0v) is 23.3. The SMILES string of the molecule is c1ccc2c(c1)C1c3ccccc3C2C2c3ccccc3C1c1ccccc12.c1ccc2cc3ccccc3cc2c1. The second-order valence-electron chi connectivity index (χ2n) is 12.0. The Morgan fingerprint density at radius 2 is 0.381 bits per heavy atom. The maximum Gasteiger partial charge on any atom is 0.0205 e. The lowest BCUT2D eigenvalue weighted by Crippen LogP contribution is -2.35. The van der Waals surface area contributed by atoms with Crippen LogP contribution >= 0.6 is 0 Å². The van der Waals surface area contributed by atoms with Crippen LogP contribution in [0.3, 0.4) is 0 Å². The minimum absolute atomic E-state index is 0.382. The Labute approximate surface area is 246 Å². The summed E-state index contributed by atoms with van der Waals surface area (Å²) in [6, 6.07) is 58.3. The molecule has 0 saturated carbocycles. The van der Waals surface area contributed by atoms with Gasteiger partial charge in [-0.1, -0.05) is 146 Å². The van der Waals surface area contributed by atoms with Crippen LogP contribution in [0.5, 0.6) is 0 Å². The molecule has 0 aliphatic heterocycles. The summed E-state index contributed by atoms with van der Waals surface area (Å²) in [4.78, 5) is 0. The lowest BCUT2D eigenvalue weighted by atomic mass is 9.53. The molecule has 0 N–H and O–H groups in total. The Morgan fingerprint density at radius 3 is 0.571 bits per heavy atom. The van der Waals surface area contributed by atoms with E-state index >= 15 is 0 Å². The summed E-state index contributed by atoms with van der Waals surface area (Å²) in [5.41, 5.74) is 12.3. The second-order valence-corrected chi connectivity index (χ2v) is 12.0. The molecule has 0 aromatic heterocycles. The van der Waals surface area contributed by atoms with Crippen LogP contribution < -0.4 is 0 Å². The molecular formula is C42H30. The Kier molecular flexibility index (Phi) is 5.25. The van der Waals surface area contributed by atoms with Crippen molar-refractivity contribution in [3.8, 4) is 0 Å². The van der Waals surface area contributed by atoms with Crippen LogP contribution in [0.2, 0.25) is 0 Å². The van der Waals surface area contributed by atoms with Crippen LogP contribution in [0.25, 0.3) is 21.5 Å². The monoisotopic (exact) mass is 534 g/mol. The van der Waals surface area contributed by atoms with Crippen molar-refractivity contribution in [1.82, 2.24) is 0 Å². The number of fused-ring (bicyclic) bond motifs is 2. The van der Waals surface area contributed by atoms with Crippen molar-refractivity contribution < 1.29 is 0 Å². The van der Waals surface area contributed by atoms with Crippen molar-refractivity contribution in [1.29, 1.82) is 0 Å². The third kappa shape index (κ3) is 3.42. The van der Waals surface area contributed by atoms with Gasteiger partial charge in [0.1, 0.15) is 0 Å². The lowest BCUT2D eigenvalue weighted by Gasteiger charge is -2.50. The highest BCUT2D eigenvalue weighted by atomic mass is 14.5. The quantitative estimate of drug-likeness (QED) is 0.170. The van der Waals surface area contributed by atoms with Gasteiger partial charge < -0.3 is 0 Å². The molecular weight excluding hydrogens is 504 g/mol. The molecule has 4 bridgehead atoms. The molecule has 0 saturated heterocycles. The van der Waals surface area contributed by atoms with Crippen molar-refractivity contribution in [2.75, 3.05) is 0 Å². The highest BCUT2D eigenvalue weighted by Gasteiger charge is 2.49. The predicted molar refractivity (Wildman–Crippen MR) is 175 cm³/mol. The first-order chi connectivity index (χ1) is 20.9.